The predicted octanol–water partition coefficient (Wildman–Crippen LogP) is 3.19. The highest BCUT2D eigenvalue weighted by molar-refractivity contribution is 7.17. The smallest absolute Gasteiger partial charge is 0.254 e. The highest BCUT2D eigenvalue weighted by Crippen LogP contribution is 2.38. The molecule has 0 aliphatic heterocycles. The number of rotatable bonds is 8. The quantitative estimate of drug-likeness (QED) is 0.665. The molecule has 2 aromatic rings. The lowest BCUT2D eigenvalue weighted by Gasteiger charge is -2.13. The molecule has 1 aliphatic carbocycles. The van der Waals surface area contributed by atoms with Crippen LogP contribution in [0.3, 0.4) is 0 Å². The van der Waals surface area contributed by atoms with E-state index in [1.807, 2.05) is 24.3 Å². The van der Waals surface area contributed by atoms with E-state index < -0.39 is 0 Å². The molecule has 0 fully saturated rings. The van der Waals surface area contributed by atoms with Gasteiger partial charge in [-0.1, -0.05) is 12.1 Å². The van der Waals surface area contributed by atoms with E-state index in [1.165, 1.54) is 16.2 Å². The standard InChI is InChI=1S/C21H26N2O4S/c1-26-12-11-22-20(25)19-16-5-3-4-6-17(16)28-21(19)23-18(24)13-14-7-9-15(27-2)10-8-14/h7-10H,3-6,11-13H2,1-2H3,(H,22,25)(H,23,24). The van der Waals surface area contributed by atoms with Gasteiger partial charge in [0.15, 0.2) is 0 Å². The Balaban J connectivity index is 1.75. The molecule has 0 saturated heterocycles. The molecule has 0 unspecified atom stereocenters. The van der Waals surface area contributed by atoms with Crippen LogP contribution in [0.25, 0.3) is 0 Å². The average Bonchev–Trinajstić information content (AvgIpc) is 3.06. The van der Waals surface area contributed by atoms with E-state index in [4.69, 9.17) is 9.47 Å². The minimum atomic E-state index is -0.142. The molecule has 2 amide bonds. The van der Waals surface area contributed by atoms with Crippen molar-refractivity contribution >= 4 is 28.2 Å². The van der Waals surface area contributed by atoms with E-state index in [1.54, 1.807) is 14.2 Å². The highest BCUT2D eigenvalue weighted by atomic mass is 32.1. The van der Waals surface area contributed by atoms with Gasteiger partial charge < -0.3 is 20.1 Å². The minimum absolute atomic E-state index is 0.130. The number of hydrogen-bond acceptors (Lipinski definition) is 5. The summed E-state index contributed by atoms with van der Waals surface area (Å²) in [5.41, 5.74) is 2.61. The Bertz CT molecular complexity index is 830. The Morgan fingerprint density at radius 1 is 1.11 bits per heavy atom. The van der Waals surface area contributed by atoms with Crippen LogP contribution < -0.4 is 15.4 Å². The molecule has 3 rings (SSSR count). The number of aryl methyl sites for hydroxylation is 1. The molecule has 0 spiro atoms. The van der Waals surface area contributed by atoms with Crippen molar-refractivity contribution in [2.75, 3.05) is 32.7 Å². The van der Waals surface area contributed by atoms with Crippen LogP contribution in [-0.4, -0.2) is 39.2 Å². The fourth-order valence-electron chi connectivity index (χ4n) is 3.35. The zero-order chi connectivity index (χ0) is 19.9. The average molecular weight is 403 g/mol. The molecule has 1 aromatic carbocycles. The van der Waals surface area contributed by atoms with Crippen LogP contribution in [0.1, 0.15) is 39.2 Å². The number of hydrogen-bond donors (Lipinski definition) is 2. The summed E-state index contributed by atoms with van der Waals surface area (Å²) in [6.07, 6.45) is 4.29. The lowest BCUT2D eigenvalue weighted by molar-refractivity contribution is -0.115. The summed E-state index contributed by atoms with van der Waals surface area (Å²) in [4.78, 5) is 26.6. The fourth-order valence-corrected chi connectivity index (χ4v) is 4.65. The molecule has 7 heteroatoms. The SMILES string of the molecule is COCCNC(=O)c1c(NC(=O)Cc2ccc(OC)cc2)sc2c1CCCC2. The van der Waals surface area contributed by atoms with Crippen molar-refractivity contribution < 1.29 is 19.1 Å². The maximum absolute atomic E-state index is 12.8. The summed E-state index contributed by atoms with van der Waals surface area (Å²) in [6.45, 7) is 0.899. The van der Waals surface area contributed by atoms with Gasteiger partial charge in [-0.15, -0.1) is 11.3 Å². The second-order valence-electron chi connectivity index (χ2n) is 6.74. The van der Waals surface area contributed by atoms with Crippen LogP contribution in [0.5, 0.6) is 5.75 Å². The number of benzene rings is 1. The number of thiophene rings is 1. The van der Waals surface area contributed by atoms with Crippen LogP contribution in [0.4, 0.5) is 5.00 Å². The first-order valence-electron chi connectivity index (χ1n) is 9.46. The number of amides is 2. The first-order valence-corrected chi connectivity index (χ1v) is 10.3. The molecule has 0 saturated carbocycles. The molecule has 2 N–H and O–H groups in total. The molecule has 1 aromatic heterocycles. The van der Waals surface area contributed by atoms with Crippen molar-refractivity contribution in [1.82, 2.24) is 5.32 Å². The van der Waals surface area contributed by atoms with E-state index in [2.05, 4.69) is 10.6 Å². The van der Waals surface area contributed by atoms with Crippen molar-refractivity contribution in [1.29, 1.82) is 0 Å². The second kappa shape index (κ2) is 9.71. The number of carbonyl (C=O) groups excluding carboxylic acids is 2. The maximum Gasteiger partial charge on any atom is 0.254 e. The first-order chi connectivity index (χ1) is 13.6. The van der Waals surface area contributed by atoms with Gasteiger partial charge in [-0.05, 0) is 48.9 Å². The van der Waals surface area contributed by atoms with Gasteiger partial charge in [-0.3, -0.25) is 9.59 Å². The molecular weight excluding hydrogens is 376 g/mol. The molecule has 6 nitrogen and oxygen atoms in total. The van der Waals surface area contributed by atoms with Gasteiger partial charge in [0.2, 0.25) is 5.91 Å². The van der Waals surface area contributed by atoms with E-state index in [0.717, 1.165) is 42.6 Å². The molecule has 1 heterocycles. The predicted molar refractivity (Wildman–Crippen MR) is 110 cm³/mol. The normalized spacial score (nSPS) is 12.9. The minimum Gasteiger partial charge on any atom is -0.497 e. The summed E-state index contributed by atoms with van der Waals surface area (Å²) < 4.78 is 10.2. The second-order valence-corrected chi connectivity index (χ2v) is 7.84. The van der Waals surface area contributed by atoms with E-state index in [-0.39, 0.29) is 18.2 Å². The summed E-state index contributed by atoms with van der Waals surface area (Å²) in [5.74, 6) is 0.482. The molecule has 0 bridgehead atoms. The summed E-state index contributed by atoms with van der Waals surface area (Å²) in [5, 5.41) is 6.52. The largest absolute Gasteiger partial charge is 0.497 e. The van der Waals surface area contributed by atoms with Crippen molar-refractivity contribution in [3.63, 3.8) is 0 Å². The van der Waals surface area contributed by atoms with Crippen LogP contribution in [0.2, 0.25) is 0 Å². The number of methoxy groups -OCH3 is 2. The fraction of sp³-hybridized carbons (Fsp3) is 0.429. The van der Waals surface area contributed by atoms with Crippen molar-refractivity contribution in [2.24, 2.45) is 0 Å². The number of anilines is 1. The molecule has 28 heavy (non-hydrogen) atoms. The number of fused-ring (bicyclic) bond motifs is 1. The number of carbonyl (C=O) groups is 2. The molecule has 0 radical (unpaired) electrons. The van der Waals surface area contributed by atoms with E-state index in [9.17, 15) is 9.59 Å². The third kappa shape index (κ3) is 4.91. The Morgan fingerprint density at radius 3 is 2.57 bits per heavy atom. The van der Waals surface area contributed by atoms with E-state index >= 15 is 0 Å². The van der Waals surface area contributed by atoms with Gasteiger partial charge in [0.25, 0.3) is 5.91 Å². The third-order valence-corrected chi connectivity index (χ3v) is 5.97. The molecular formula is C21H26N2O4S. The van der Waals surface area contributed by atoms with Gasteiger partial charge >= 0.3 is 0 Å². The zero-order valence-corrected chi connectivity index (χ0v) is 17.1. The lowest BCUT2D eigenvalue weighted by Crippen LogP contribution is -2.28. The number of ether oxygens (including phenoxy) is 2. The maximum atomic E-state index is 12.8. The Kier molecular flexibility index (Phi) is 7.06. The Morgan fingerprint density at radius 2 is 1.86 bits per heavy atom. The molecule has 1 aliphatic rings. The van der Waals surface area contributed by atoms with Crippen molar-refractivity contribution in [3.05, 3.63) is 45.8 Å². The summed E-state index contributed by atoms with van der Waals surface area (Å²) in [6, 6.07) is 7.41. The van der Waals surface area contributed by atoms with Gasteiger partial charge in [0.05, 0.1) is 25.7 Å². The molecule has 150 valence electrons. The summed E-state index contributed by atoms with van der Waals surface area (Å²) >= 11 is 1.53. The topological polar surface area (TPSA) is 76.7 Å². The van der Waals surface area contributed by atoms with Gasteiger partial charge in [0, 0.05) is 18.5 Å². The van der Waals surface area contributed by atoms with Crippen molar-refractivity contribution in [2.45, 2.75) is 32.1 Å². The van der Waals surface area contributed by atoms with Gasteiger partial charge in [-0.25, -0.2) is 0 Å². The van der Waals surface area contributed by atoms with Gasteiger partial charge in [0.1, 0.15) is 10.8 Å². The van der Waals surface area contributed by atoms with Crippen LogP contribution in [-0.2, 0) is 28.8 Å². The number of nitrogens with one attached hydrogen (secondary N) is 2. The molecule has 0 atom stereocenters. The summed E-state index contributed by atoms with van der Waals surface area (Å²) in [7, 11) is 3.21. The van der Waals surface area contributed by atoms with Crippen molar-refractivity contribution in [3.8, 4) is 5.75 Å². The Hall–Kier alpha value is -2.38. The van der Waals surface area contributed by atoms with Crippen LogP contribution in [0.15, 0.2) is 24.3 Å². The lowest BCUT2D eigenvalue weighted by atomic mass is 9.95. The Labute approximate surface area is 169 Å². The first kappa shape index (κ1) is 20.4. The monoisotopic (exact) mass is 402 g/mol. The van der Waals surface area contributed by atoms with Gasteiger partial charge in [-0.2, -0.15) is 0 Å². The van der Waals surface area contributed by atoms with Crippen LogP contribution >= 0.6 is 11.3 Å². The zero-order valence-electron chi connectivity index (χ0n) is 16.3. The van der Waals surface area contributed by atoms with E-state index in [0.29, 0.717) is 23.7 Å². The van der Waals surface area contributed by atoms with Crippen LogP contribution in [0, 0.1) is 0 Å². The highest BCUT2D eigenvalue weighted by Gasteiger charge is 2.26. The third-order valence-electron chi connectivity index (χ3n) is 4.77.